The maximum atomic E-state index is 5.68. The lowest BCUT2D eigenvalue weighted by Crippen LogP contribution is -2.16. The first-order valence-electron chi connectivity index (χ1n) is 5.98. The van der Waals surface area contributed by atoms with E-state index in [0.29, 0.717) is 17.7 Å². The van der Waals surface area contributed by atoms with Crippen LogP contribution in [0.2, 0.25) is 0 Å². The van der Waals surface area contributed by atoms with Crippen LogP contribution in [-0.2, 0) is 0 Å². The zero-order valence-corrected chi connectivity index (χ0v) is 9.78. The zero-order valence-electron chi connectivity index (χ0n) is 9.78. The van der Waals surface area contributed by atoms with Gasteiger partial charge in [-0.1, -0.05) is 19.3 Å². The summed E-state index contributed by atoms with van der Waals surface area (Å²) < 4.78 is 5.68. The molecule has 0 amide bonds. The van der Waals surface area contributed by atoms with Gasteiger partial charge in [0.25, 0.3) is 0 Å². The molecular weight excluding hydrogens is 202 g/mol. The third kappa shape index (κ3) is 3.08. The Bertz CT molecular complexity index is 328. The summed E-state index contributed by atoms with van der Waals surface area (Å²) in [5.41, 5.74) is 6.42. The van der Waals surface area contributed by atoms with Gasteiger partial charge in [-0.25, -0.2) is 4.98 Å². The van der Waals surface area contributed by atoms with Gasteiger partial charge in [0.05, 0.1) is 6.61 Å². The molecule has 1 heterocycles. The predicted octanol–water partition coefficient (Wildman–Crippen LogP) is 2.33. The van der Waals surface area contributed by atoms with Gasteiger partial charge < -0.3 is 10.5 Å². The molecule has 1 aromatic rings. The topological polar surface area (TPSA) is 61.0 Å². The van der Waals surface area contributed by atoms with Crippen LogP contribution in [0.5, 0.6) is 5.88 Å². The van der Waals surface area contributed by atoms with E-state index in [1.54, 1.807) is 0 Å². The molecule has 2 N–H and O–H groups in total. The lowest BCUT2D eigenvalue weighted by molar-refractivity contribution is 0.203. The Morgan fingerprint density at radius 1 is 1.31 bits per heavy atom. The van der Waals surface area contributed by atoms with Crippen LogP contribution in [0.15, 0.2) is 6.07 Å². The van der Waals surface area contributed by atoms with Crippen LogP contribution in [-0.4, -0.2) is 16.6 Å². The SMILES string of the molecule is Cc1cc(OCC2CCCCC2)nc(N)n1. The highest BCUT2D eigenvalue weighted by molar-refractivity contribution is 5.25. The Labute approximate surface area is 96.2 Å². The minimum atomic E-state index is 0.290. The van der Waals surface area contributed by atoms with Crippen molar-refractivity contribution in [2.75, 3.05) is 12.3 Å². The molecule has 0 spiro atoms. The van der Waals surface area contributed by atoms with E-state index < -0.39 is 0 Å². The maximum absolute atomic E-state index is 5.68. The van der Waals surface area contributed by atoms with Crippen molar-refractivity contribution in [3.8, 4) is 5.88 Å². The van der Waals surface area contributed by atoms with Crippen molar-refractivity contribution in [1.29, 1.82) is 0 Å². The number of aryl methyl sites for hydroxylation is 1. The molecule has 4 nitrogen and oxygen atoms in total. The van der Waals surface area contributed by atoms with Gasteiger partial charge in [0, 0.05) is 11.8 Å². The lowest BCUT2D eigenvalue weighted by atomic mass is 9.90. The average Bonchev–Trinajstić information content (AvgIpc) is 2.27. The number of aromatic nitrogens is 2. The molecule has 1 aromatic heterocycles. The maximum Gasteiger partial charge on any atom is 0.223 e. The van der Waals surface area contributed by atoms with E-state index >= 15 is 0 Å². The molecule has 0 aliphatic heterocycles. The monoisotopic (exact) mass is 221 g/mol. The standard InChI is InChI=1S/C12H19N3O/c1-9-7-11(15-12(13)14-9)16-8-10-5-3-2-4-6-10/h7,10H,2-6,8H2,1H3,(H2,13,14,15). The highest BCUT2D eigenvalue weighted by Crippen LogP contribution is 2.24. The third-order valence-electron chi connectivity index (χ3n) is 3.04. The highest BCUT2D eigenvalue weighted by Gasteiger charge is 2.14. The van der Waals surface area contributed by atoms with Crippen LogP contribution in [0.25, 0.3) is 0 Å². The molecular formula is C12H19N3O. The van der Waals surface area contributed by atoms with Gasteiger partial charge in [0.15, 0.2) is 0 Å². The van der Waals surface area contributed by atoms with E-state index in [4.69, 9.17) is 10.5 Å². The van der Waals surface area contributed by atoms with Gasteiger partial charge in [0.1, 0.15) is 0 Å². The molecule has 16 heavy (non-hydrogen) atoms. The summed E-state index contributed by atoms with van der Waals surface area (Å²) in [5, 5.41) is 0. The van der Waals surface area contributed by atoms with Crippen molar-refractivity contribution in [3.63, 3.8) is 0 Å². The van der Waals surface area contributed by atoms with Crippen molar-refractivity contribution in [2.24, 2.45) is 5.92 Å². The van der Waals surface area contributed by atoms with Gasteiger partial charge in [-0.05, 0) is 25.7 Å². The second-order valence-electron chi connectivity index (χ2n) is 4.52. The molecule has 0 radical (unpaired) electrons. The minimum absolute atomic E-state index is 0.290. The summed E-state index contributed by atoms with van der Waals surface area (Å²) in [4.78, 5) is 8.08. The van der Waals surface area contributed by atoms with Crippen LogP contribution < -0.4 is 10.5 Å². The Hall–Kier alpha value is -1.32. The number of ether oxygens (including phenoxy) is 1. The summed E-state index contributed by atoms with van der Waals surface area (Å²) in [7, 11) is 0. The second-order valence-corrected chi connectivity index (χ2v) is 4.52. The number of hydrogen-bond acceptors (Lipinski definition) is 4. The van der Waals surface area contributed by atoms with Crippen molar-refractivity contribution in [2.45, 2.75) is 39.0 Å². The number of nitrogens with zero attached hydrogens (tertiary/aromatic N) is 2. The number of nitrogen functional groups attached to an aromatic ring is 1. The molecule has 1 saturated carbocycles. The zero-order chi connectivity index (χ0) is 11.4. The van der Waals surface area contributed by atoms with Crippen molar-refractivity contribution in [1.82, 2.24) is 9.97 Å². The average molecular weight is 221 g/mol. The van der Waals surface area contributed by atoms with Crippen LogP contribution in [0.1, 0.15) is 37.8 Å². The second kappa shape index (κ2) is 5.14. The van der Waals surface area contributed by atoms with E-state index in [-0.39, 0.29) is 0 Å². The normalized spacial score (nSPS) is 17.3. The van der Waals surface area contributed by atoms with Gasteiger partial charge in [-0.3, -0.25) is 0 Å². The van der Waals surface area contributed by atoms with Crippen LogP contribution >= 0.6 is 0 Å². The van der Waals surface area contributed by atoms with Crippen LogP contribution in [0.4, 0.5) is 5.95 Å². The van der Waals surface area contributed by atoms with Gasteiger partial charge in [-0.2, -0.15) is 4.98 Å². The molecule has 1 aliphatic carbocycles. The highest BCUT2D eigenvalue weighted by atomic mass is 16.5. The van der Waals surface area contributed by atoms with Crippen molar-refractivity contribution < 1.29 is 4.74 Å². The molecule has 88 valence electrons. The Balaban J connectivity index is 1.88. The molecule has 2 rings (SSSR count). The fraction of sp³-hybridized carbons (Fsp3) is 0.667. The molecule has 1 aliphatic rings. The summed E-state index contributed by atoms with van der Waals surface area (Å²) in [6.07, 6.45) is 6.59. The number of hydrogen-bond donors (Lipinski definition) is 1. The van der Waals surface area contributed by atoms with E-state index in [0.717, 1.165) is 12.3 Å². The Morgan fingerprint density at radius 2 is 2.06 bits per heavy atom. The predicted molar refractivity (Wildman–Crippen MR) is 63.3 cm³/mol. The molecule has 0 saturated heterocycles. The van der Waals surface area contributed by atoms with Crippen molar-refractivity contribution in [3.05, 3.63) is 11.8 Å². The molecule has 1 fully saturated rings. The fourth-order valence-corrected chi connectivity index (χ4v) is 2.19. The van der Waals surface area contributed by atoms with E-state index in [9.17, 15) is 0 Å². The minimum Gasteiger partial charge on any atom is -0.477 e. The van der Waals surface area contributed by atoms with E-state index in [1.807, 2.05) is 13.0 Å². The Kier molecular flexibility index (Phi) is 3.59. The van der Waals surface area contributed by atoms with Crippen molar-refractivity contribution >= 4 is 5.95 Å². The van der Waals surface area contributed by atoms with E-state index in [1.165, 1.54) is 32.1 Å². The number of anilines is 1. The molecule has 4 heteroatoms. The van der Waals surface area contributed by atoms with E-state index in [2.05, 4.69) is 9.97 Å². The van der Waals surface area contributed by atoms with Gasteiger partial charge in [-0.15, -0.1) is 0 Å². The quantitative estimate of drug-likeness (QED) is 0.851. The van der Waals surface area contributed by atoms with Crippen LogP contribution in [0, 0.1) is 12.8 Å². The first kappa shape index (κ1) is 11.2. The lowest BCUT2D eigenvalue weighted by Gasteiger charge is -2.21. The molecule has 0 bridgehead atoms. The fourth-order valence-electron chi connectivity index (χ4n) is 2.19. The molecule has 0 atom stereocenters. The van der Waals surface area contributed by atoms with Gasteiger partial charge >= 0.3 is 0 Å². The first-order valence-corrected chi connectivity index (χ1v) is 5.98. The largest absolute Gasteiger partial charge is 0.477 e. The summed E-state index contributed by atoms with van der Waals surface area (Å²) >= 11 is 0. The molecule has 0 aromatic carbocycles. The smallest absolute Gasteiger partial charge is 0.223 e. The van der Waals surface area contributed by atoms with Crippen LogP contribution in [0.3, 0.4) is 0 Å². The van der Waals surface area contributed by atoms with Gasteiger partial charge in [0.2, 0.25) is 11.8 Å². The number of rotatable bonds is 3. The summed E-state index contributed by atoms with van der Waals surface area (Å²) in [5.74, 6) is 1.58. The summed E-state index contributed by atoms with van der Waals surface area (Å²) in [6.45, 7) is 2.65. The summed E-state index contributed by atoms with van der Waals surface area (Å²) in [6, 6.07) is 1.83. The first-order chi connectivity index (χ1) is 7.74. The molecule has 0 unspecified atom stereocenters. The number of nitrogens with two attached hydrogens (primary N) is 1. The Morgan fingerprint density at radius 3 is 2.75 bits per heavy atom. The third-order valence-corrected chi connectivity index (χ3v) is 3.04.